The summed E-state index contributed by atoms with van der Waals surface area (Å²) in [7, 11) is 1.76. The number of thiazole rings is 1. The number of carbonyl (C=O) groups is 1. The van der Waals surface area contributed by atoms with Gasteiger partial charge in [0.15, 0.2) is 0 Å². The largest absolute Gasteiger partial charge is 0.310 e. The number of nitrogens with zero attached hydrogens (tertiary/aromatic N) is 2. The zero-order valence-corrected chi connectivity index (χ0v) is 12.4. The second-order valence-electron chi connectivity index (χ2n) is 4.60. The van der Waals surface area contributed by atoms with Crippen molar-refractivity contribution in [2.45, 2.75) is 0 Å². The minimum absolute atomic E-state index is 0.0976. The summed E-state index contributed by atoms with van der Waals surface area (Å²) in [6.07, 6.45) is 0. The SMILES string of the molecule is CN(C(=O)c1csc(-c2ccccc2)n1)c1ccccc1. The minimum atomic E-state index is -0.0976. The summed E-state index contributed by atoms with van der Waals surface area (Å²) in [5, 5.41) is 2.67. The molecule has 0 N–H and O–H groups in total. The van der Waals surface area contributed by atoms with Crippen LogP contribution >= 0.6 is 11.3 Å². The molecule has 3 rings (SSSR count). The van der Waals surface area contributed by atoms with E-state index < -0.39 is 0 Å². The molecule has 0 radical (unpaired) electrons. The number of para-hydroxylation sites is 1. The van der Waals surface area contributed by atoms with Gasteiger partial charge in [-0.05, 0) is 12.1 Å². The summed E-state index contributed by atoms with van der Waals surface area (Å²) in [6, 6.07) is 19.4. The third-order valence-electron chi connectivity index (χ3n) is 3.19. The molecule has 0 saturated carbocycles. The van der Waals surface area contributed by atoms with E-state index in [9.17, 15) is 4.79 Å². The van der Waals surface area contributed by atoms with Gasteiger partial charge in [0.25, 0.3) is 5.91 Å². The Bertz CT molecular complexity index is 738. The molecule has 0 aliphatic rings. The molecule has 0 bridgehead atoms. The summed E-state index contributed by atoms with van der Waals surface area (Å²) in [6.45, 7) is 0. The van der Waals surface area contributed by atoms with Crippen LogP contribution in [0.5, 0.6) is 0 Å². The quantitative estimate of drug-likeness (QED) is 0.729. The molecule has 3 aromatic rings. The molecule has 104 valence electrons. The maximum absolute atomic E-state index is 12.5. The zero-order chi connectivity index (χ0) is 14.7. The van der Waals surface area contributed by atoms with Crippen molar-refractivity contribution >= 4 is 22.9 Å². The minimum Gasteiger partial charge on any atom is -0.310 e. The molecule has 2 aromatic carbocycles. The summed E-state index contributed by atoms with van der Waals surface area (Å²) >= 11 is 1.48. The lowest BCUT2D eigenvalue weighted by atomic mass is 10.2. The molecule has 0 atom stereocenters. The molecule has 0 unspecified atom stereocenters. The highest BCUT2D eigenvalue weighted by atomic mass is 32.1. The van der Waals surface area contributed by atoms with E-state index in [0.29, 0.717) is 5.69 Å². The van der Waals surface area contributed by atoms with Crippen molar-refractivity contribution in [3.8, 4) is 10.6 Å². The molecule has 1 amide bonds. The number of rotatable bonds is 3. The van der Waals surface area contributed by atoms with Crippen LogP contribution in [0.25, 0.3) is 10.6 Å². The molecule has 0 saturated heterocycles. The van der Waals surface area contributed by atoms with Crippen molar-refractivity contribution in [1.82, 2.24) is 4.98 Å². The lowest BCUT2D eigenvalue weighted by Crippen LogP contribution is -2.26. The van der Waals surface area contributed by atoms with Gasteiger partial charge in [-0.25, -0.2) is 4.98 Å². The summed E-state index contributed by atoms with van der Waals surface area (Å²) in [4.78, 5) is 18.5. The number of amides is 1. The number of hydrogen-bond acceptors (Lipinski definition) is 3. The lowest BCUT2D eigenvalue weighted by molar-refractivity contribution is 0.0989. The molecule has 4 heteroatoms. The topological polar surface area (TPSA) is 33.2 Å². The Balaban J connectivity index is 1.85. The molecular weight excluding hydrogens is 280 g/mol. The van der Waals surface area contributed by atoms with E-state index in [1.54, 1.807) is 11.9 Å². The van der Waals surface area contributed by atoms with Gasteiger partial charge in [0.05, 0.1) is 0 Å². The molecule has 1 heterocycles. The van der Waals surface area contributed by atoms with Crippen molar-refractivity contribution in [1.29, 1.82) is 0 Å². The Labute approximate surface area is 127 Å². The standard InChI is InChI=1S/C17H14N2OS/c1-19(14-10-6-3-7-11-14)17(20)15-12-21-16(18-15)13-8-4-2-5-9-13/h2-12H,1H3. The fraction of sp³-hybridized carbons (Fsp3) is 0.0588. The van der Waals surface area contributed by atoms with E-state index >= 15 is 0 Å². The van der Waals surface area contributed by atoms with E-state index in [1.165, 1.54) is 11.3 Å². The molecule has 0 spiro atoms. The first-order chi connectivity index (χ1) is 10.3. The molecule has 0 aliphatic carbocycles. The van der Waals surface area contributed by atoms with Crippen molar-refractivity contribution in [2.75, 3.05) is 11.9 Å². The molecular formula is C17H14N2OS. The molecule has 21 heavy (non-hydrogen) atoms. The summed E-state index contributed by atoms with van der Waals surface area (Å²) < 4.78 is 0. The first-order valence-electron chi connectivity index (χ1n) is 6.60. The Morgan fingerprint density at radius 2 is 1.62 bits per heavy atom. The van der Waals surface area contributed by atoms with Gasteiger partial charge >= 0.3 is 0 Å². The second kappa shape index (κ2) is 5.89. The van der Waals surface area contributed by atoms with E-state index in [1.807, 2.05) is 66.0 Å². The maximum atomic E-state index is 12.5. The molecule has 0 fully saturated rings. The van der Waals surface area contributed by atoms with Crippen LogP contribution in [-0.2, 0) is 0 Å². The van der Waals surface area contributed by atoms with Gasteiger partial charge in [0.2, 0.25) is 0 Å². The number of benzene rings is 2. The molecule has 0 aliphatic heterocycles. The predicted octanol–water partition coefficient (Wildman–Crippen LogP) is 4.09. The summed E-state index contributed by atoms with van der Waals surface area (Å²) in [5.74, 6) is -0.0976. The predicted molar refractivity (Wildman–Crippen MR) is 86.7 cm³/mol. The number of carbonyl (C=O) groups excluding carboxylic acids is 1. The van der Waals surface area contributed by atoms with Crippen LogP contribution in [0.3, 0.4) is 0 Å². The fourth-order valence-electron chi connectivity index (χ4n) is 2.03. The second-order valence-corrected chi connectivity index (χ2v) is 5.46. The highest BCUT2D eigenvalue weighted by Crippen LogP contribution is 2.24. The number of hydrogen-bond donors (Lipinski definition) is 0. The van der Waals surface area contributed by atoms with Crippen LogP contribution in [0.1, 0.15) is 10.5 Å². The average molecular weight is 294 g/mol. The first-order valence-corrected chi connectivity index (χ1v) is 7.48. The van der Waals surface area contributed by atoms with Crippen LogP contribution in [0.4, 0.5) is 5.69 Å². The van der Waals surface area contributed by atoms with Crippen molar-refractivity contribution < 1.29 is 4.79 Å². The third kappa shape index (κ3) is 2.85. The fourth-order valence-corrected chi connectivity index (χ4v) is 2.83. The number of aromatic nitrogens is 1. The van der Waals surface area contributed by atoms with Crippen molar-refractivity contribution in [2.24, 2.45) is 0 Å². The monoisotopic (exact) mass is 294 g/mol. The highest BCUT2D eigenvalue weighted by molar-refractivity contribution is 7.13. The van der Waals surface area contributed by atoms with Gasteiger partial charge in [0.1, 0.15) is 10.7 Å². The van der Waals surface area contributed by atoms with Gasteiger partial charge in [-0.2, -0.15) is 0 Å². The Kier molecular flexibility index (Phi) is 3.79. The van der Waals surface area contributed by atoms with Gasteiger partial charge in [-0.1, -0.05) is 48.5 Å². The average Bonchev–Trinajstić information content (AvgIpc) is 3.05. The van der Waals surface area contributed by atoms with Crippen LogP contribution in [-0.4, -0.2) is 17.9 Å². The Morgan fingerprint density at radius 1 is 1.00 bits per heavy atom. The summed E-state index contributed by atoms with van der Waals surface area (Å²) in [5.41, 5.74) is 2.37. The van der Waals surface area contributed by atoms with Crippen molar-refractivity contribution in [3.63, 3.8) is 0 Å². The smallest absolute Gasteiger partial charge is 0.277 e. The van der Waals surface area contributed by atoms with Crippen LogP contribution < -0.4 is 4.90 Å². The third-order valence-corrected chi connectivity index (χ3v) is 4.08. The van der Waals surface area contributed by atoms with E-state index in [4.69, 9.17) is 0 Å². The molecule has 3 nitrogen and oxygen atoms in total. The van der Waals surface area contributed by atoms with E-state index in [-0.39, 0.29) is 5.91 Å². The van der Waals surface area contributed by atoms with Crippen LogP contribution in [0.2, 0.25) is 0 Å². The Morgan fingerprint density at radius 3 is 2.29 bits per heavy atom. The first kappa shape index (κ1) is 13.5. The van der Waals surface area contributed by atoms with Gasteiger partial charge in [0, 0.05) is 23.7 Å². The van der Waals surface area contributed by atoms with E-state index in [0.717, 1.165) is 16.3 Å². The maximum Gasteiger partial charge on any atom is 0.277 e. The van der Waals surface area contributed by atoms with Crippen molar-refractivity contribution in [3.05, 3.63) is 71.7 Å². The van der Waals surface area contributed by atoms with Gasteiger partial charge < -0.3 is 4.90 Å². The van der Waals surface area contributed by atoms with Crippen LogP contribution in [0.15, 0.2) is 66.0 Å². The highest BCUT2D eigenvalue weighted by Gasteiger charge is 2.17. The van der Waals surface area contributed by atoms with Gasteiger partial charge in [-0.15, -0.1) is 11.3 Å². The van der Waals surface area contributed by atoms with Crippen LogP contribution in [0, 0.1) is 0 Å². The number of anilines is 1. The molecule has 1 aromatic heterocycles. The Hall–Kier alpha value is -2.46. The van der Waals surface area contributed by atoms with E-state index in [2.05, 4.69) is 4.98 Å². The normalized spacial score (nSPS) is 10.3. The zero-order valence-electron chi connectivity index (χ0n) is 11.6. The lowest BCUT2D eigenvalue weighted by Gasteiger charge is -2.15. The van der Waals surface area contributed by atoms with Gasteiger partial charge in [-0.3, -0.25) is 4.79 Å².